The first-order valence-electron chi connectivity index (χ1n) is 11.1. The number of benzene rings is 3. The molecule has 1 atom stereocenters. The molecular formula is C28H25F2NO2. The van der Waals surface area contributed by atoms with Gasteiger partial charge in [0.1, 0.15) is 17.4 Å². The van der Waals surface area contributed by atoms with Gasteiger partial charge < -0.3 is 5.11 Å². The van der Waals surface area contributed by atoms with Crippen molar-refractivity contribution in [2.24, 2.45) is 0 Å². The van der Waals surface area contributed by atoms with E-state index in [0.717, 1.165) is 10.9 Å². The lowest BCUT2D eigenvalue weighted by Crippen LogP contribution is -2.10. The van der Waals surface area contributed by atoms with E-state index >= 15 is 0 Å². The van der Waals surface area contributed by atoms with Crippen LogP contribution in [0.5, 0.6) is 0 Å². The fourth-order valence-electron chi connectivity index (χ4n) is 3.93. The van der Waals surface area contributed by atoms with Crippen LogP contribution in [0.4, 0.5) is 8.78 Å². The van der Waals surface area contributed by atoms with Crippen molar-refractivity contribution in [2.45, 2.75) is 38.7 Å². The average Bonchev–Trinajstić information content (AvgIpc) is 2.82. The molecule has 0 unspecified atom stereocenters. The number of ketones is 1. The maximum atomic E-state index is 14.7. The van der Waals surface area contributed by atoms with Crippen LogP contribution in [0.1, 0.15) is 31.7 Å². The SMILES string of the molecule is CC[C@H](O)CCC(=O)Cc1ccc2nc(-c3ccccc3F)c(-c3ccccc3F)cc2c1. The first-order chi connectivity index (χ1) is 16.0. The Bertz CT molecular complexity index is 1300. The third kappa shape index (κ3) is 5.15. The summed E-state index contributed by atoms with van der Waals surface area (Å²) in [5.74, 6) is -0.803. The number of fused-ring (bicyclic) bond motifs is 1. The van der Waals surface area contributed by atoms with Crippen molar-refractivity contribution in [1.29, 1.82) is 0 Å². The van der Waals surface area contributed by atoms with Crippen molar-refractivity contribution in [1.82, 2.24) is 4.98 Å². The molecule has 0 aliphatic heterocycles. The third-order valence-electron chi connectivity index (χ3n) is 5.80. The van der Waals surface area contributed by atoms with Crippen molar-refractivity contribution in [3.05, 3.63) is 90.0 Å². The van der Waals surface area contributed by atoms with Gasteiger partial charge in [-0.3, -0.25) is 4.79 Å². The molecule has 1 aromatic heterocycles. The molecule has 0 spiro atoms. The Morgan fingerprint density at radius 2 is 1.58 bits per heavy atom. The normalized spacial score (nSPS) is 12.1. The molecule has 168 valence electrons. The predicted octanol–water partition coefficient (Wildman–Crippen LogP) is 6.51. The van der Waals surface area contributed by atoms with Crippen LogP contribution in [0.15, 0.2) is 72.8 Å². The van der Waals surface area contributed by atoms with Crippen molar-refractivity contribution < 1.29 is 18.7 Å². The number of aromatic nitrogens is 1. The number of rotatable bonds is 8. The Labute approximate surface area is 191 Å². The molecule has 1 N–H and O–H groups in total. The van der Waals surface area contributed by atoms with E-state index in [0.29, 0.717) is 47.2 Å². The summed E-state index contributed by atoms with van der Waals surface area (Å²) < 4.78 is 29.4. The molecule has 0 aliphatic rings. The highest BCUT2D eigenvalue weighted by molar-refractivity contribution is 5.92. The largest absolute Gasteiger partial charge is 0.393 e. The fraction of sp³-hybridized carbons (Fsp3) is 0.214. The van der Waals surface area contributed by atoms with Crippen LogP contribution in [-0.4, -0.2) is 22.0 Å². The molecule has 1 heterocycles. The van der Waals surface area contributed by atoms with E-state index in [1.807, 2.05) is 19.1 Å². The Kier molecular flexibility index (Phi) is 6.90. The standard InChI is InChI=1S/C28H25F2NO2/c1-2-20(32)12-13-21(33)16-18-11-14-27-19(15-18)17-24(22-7-3-5-9-25(22)29)28(31-27)23-8-4-6-10-26(23)30/h3-11,14-15,17,20,32H,2,12-13,16H2,1H3/t20-/m0/s1. The minimum atomic E-state index is -0.463. The second kappa shape index (κ2) is 10.0. The van der Waals surface area contributed by atoms with E-state index in [4.69, 9.17) is 0 Å². The van der Waals surface area contributed by atoms with Crippen LogP contribution in [0.25, 0.3) is 33.3 Å². The third-order valence-corrected chi connectivity index (χ3v) is 5.80. The molecule has 4 rings (SSSR count). The van der Waals surface area contributed by atoms with Gasteiger partial charge in [0.2, 0.25) is 0 Å². The van der Waals surface area contributed by atoms with Gasteiger partial charge >= 0.3 is 0 Å². The summed E-state index contributed by atoms with van der Waals surface area (Å²) in [7, 11) is 0. The molecule has 3 nitrogen and oxygen atoms in total. The molecule has 0 bridgehead atoms. The topological polar surface area (TPSA) is 50.2 Å². The van der Waals surface area contributed by atoms with E-state index < -0.39 is 17.7 Å². The number of carbonyl (C=O) groups is 1. The highest BCUT2D eigenvalue weighted by Crippen LogP contribution is 2.36. The monoisotopic (exact) mass is 445 g/mol. The number of carbonyl (C=O) groups excluding carboxylic acids is 1. The number of pyridine rings is 1. The van der Waals surface area contributed by atoms with E-state index in [1.54, 1.807) is 48.5 Å². The molecule has 3 aromatic carbocycles. The van der Waals surface area contributed by atoms with Gasteiger partial charge in [-0.25, -0.2) is 13.8 Å². The maximum Gasteiger partial charge on any atom is 0.137 e. The number of nitrogens with zero attached hydrogens (tertiary/aromatic N) is 1. The Morgan fingerprint density at radius 3 is 2.24 bits per heavy atom. The van der Waals surface area contributed by atoms with Crippen LogP contribution in [0.3, 0.4) is 0 Å². The van der Waals surface area contributed by atoms with Gasteiger partial charge in [-0.15, -0.1) is 0 Å². The second-order valence-electron chi connectivity index (χ2n) is 8.19. The van der Waals surface area contributed by atoms with Crippen molar-refractivity contribution in [3.8, 4) is 22.4 Å². The van der Waals surface area contributed by atoms with Crippen molar-refractivity contribution in [2.75, 3.05) is 0 Å². The molecule has 0 radical (unpaired) electrons. The van der Waals surface area contributed by atoms with Crippen LogP contribution in [0.2, 0.25) is 0 Å². The second-order valence-corrected chi connectivity index (χ2v) is 8.19. The molecule has 4 aromatic rings. The van der Waals surface area contributed by atoms with Gasteiger partial charge in [-0.2, -0.15) is 0 Å². The molecule has 0 saturated carbocycles. The van der Waals surface area contributed by atoms with Crippen LogP contribution in [-0.2, 0) is 11.2 Å². The molecule has 0 fully saturated rings. The predicted molar refractivity (Wildman–Crippen MR) is 127 cm³/mol. The lowest BCUT2D eigenvalue weighted by Gasteiger charge is -2.13. The van der Waals surface area contributed by atoms with Gasteiger partial charge in [-0.1, -0.05) is 43.3 Å². The smallest absolute Gasteiger partial charge is 0.137 e. The average molecular weight is 446 g/mol. The van der Waals surface area contributed by atoms with E-state index in [9.17, 15) is 18.7 Å². The van der Waals surface area contributed by atoms with Crippen LogP contribution >= 0.6 is 0 Å². The van der Waals surface area contributed by atoms with Gasteiger partial charge in [0.15, 0.2) is 0 Å². The molecule has 0 amide bonds. The van der Waals surface area contributed by atoms with Gasteiger partial charge in [0, 0.05) is 34.9 Å². The molecular weight excluding hydrogens is 420 g/mol. The number of aliphatic hydroxyl groups excluding tert-OH is 1. The summed E-state index contributed by atoms with van der Waals surface area (Å²) in [6.45, 7) is 1.88. The Balaban J connectivity index is 1.77. The summed E-state index contributed by atoms with van der Waals surface area (Å²) in [6.07, 6.45) is 1.18. The summed E-state index contributed by atoms with van der Waals surface area (Å²) in [5.41, 5.74) is 2.93. The van der Waals surface area contributed by atoms with Gasteiger partial charge in [0.25, 0.3) is 0 Å². The van der Waals surface area contributed by atoms with E-state index in [-0.39, 0.29) is 12.2 Å². The first-order valence-corrected chi connectivity index (χ1v) is 11.1. The summed E-state index contributed by atoms with van der Waals surface area (Å²) in [5, 5.41) is 10.4. The fourth-order valence-corrected chi connectivity index (χ4v) is 3.93. The molecule has 0 saturated heterocycles. The maximum absolute atomic E-state index is 14.7. The lowest BCUT2D eigenvalue weighted by molar-refractivity contribution is -0.119. The van der Waals surface area contributed by atoms with Crippen molar-refractivity contribution >= 4 is 16.7 Å². The van der Waals surface area contributed by atoms with E-state index in [2.05, 4.69) is 4.98 Å². The summed E-state index contributed by atoms with van der Waals surface area (Å²) in [6, 6.07) is 20.0. The number of hydrogen-bond donors (Lipinski definition) is 1. The number of hydrogen-bond acceptors (Lipinski definition) is 3. The first kappa shape index (κ1) is 22.7. The minimum absolute atomic E-state index is 0.0483. The van der Waals surface area contributed by atoms with Gasteiger partial charge in [0.05, 0.1) is 17.3 Å². The van der Waals surface area contributed by atoms with E-state index in [1.165, 1.54) is 12.1 Å². The zero-order chi connectivity index (χ0) is 23.4. The minimum Gasteiger partial charge on any atom is -0.393 e. The zero-order valence-electron chi connectivity index (χ0n) is 18.4. The highest BCUT2D eigenvalue weighted by atomic mass is 19.1. The number of Topliss-reactive ketones (excluding diaryl/α,β-unsaturated/α-hetero) is 1. The van der Waals surface area contributed by atoms with Crippen LogP contribution < -0.4 is 0 Å². The quantitative estimate of drug-likeness (QED) is 0.336. The molecule has 33 heavy (non-hydrogen) atoms. The van der Waals surface area contributed by atoms with Gasteiger partial charge in [-0.05, 0) is 54.8 Å². The lowest BCUT2D eigenvalue weighted by atomic mass is 9.95. The summed E-state index contributed by atoms with van der Waals surface area (Å²) in [4.78, 5) is 17.1. The highest BCUT2D eigenvalue weighted by Gasteiger charge is 2.17. The molecule has 5 heteroatoms. The molecule has 0 aliphatic carbocycles. The van der Waals surface area contributed by atoms with Crippen molar-refractivity contribution in [3.63, 3.8) is 0 Å². The van der Waals surface area contributed by atoms with Crippen LogP contribution in [0, 0.1) is 11.6 Å². The summed E-state index contributed by atoms with van der Waals surface area (Å²) >= 11 is 0. The Morgan fingerprint density at radius 1 is 0.909 bits per heavy atom. The number of aliphatic hydroxyl groups is 1. The zero-order valence-corrected chi connectivity index (χ0v) is 18.4. The number of halogens is 2. The Hall–Kier alpha value is -3.44.